The molecule has 0 atom stereocenters. The Balaban J connectivity index is 1.83. The number of Topliss-reactive ketones (excluding diaryl/α,β-unsaturated/α-hetero) is 1. The Labute approximate surface area is 112 Å². The normalized spacial score (nSPS) is 23.9. The molecule has 1 aromatic rings. The molecule has 1 aliphatic rings. The summed E-state index contributed by atoms with van der Waals surface area (Å²) in [5.41, 5.74) is 0. The number of halogens is 1. The lowest BCUT2D eigenvalue weighted by atomic mass is 9.81. The molecule has 0 saturated heterocycles. The second-order valence-electron chi connectivity index (χ2n) is 5.14. The molecule has 1 aliphatic carbocycles. The van der Waals surface area contributed by atoms with Gasteiger partial charge >= 0.3 is 0 Å². The van der Waals surface area contributed by atoms with Crippen LogP contribution in [0.3, 0.4) is 0 Å². The molecule has 0 heterocycles. The van der Waals surface area contributed by atoms with Crippen LogP contribution in [0.25, 0.3) is 0 Å². The summed E-state index contributed by atoms with van der Waals surface area (Å²) in [5.74, 6) is 1.43. The quantitative estimate of drug-likeness (QED) is 0.755. The van der Waals surface area contributed by atoms with Crippen molar-refractivity contribution in [1.29, 1.82) is 0 Å². The zero-order valence-electron chi connectivity index (χ0n) is 10.7. The monoisotopic (exact) mass is 266 g/mol. The average molecular weight is 266 g/mol. The highest BCUT2D eigenvalue weighted by Gasteiger charge is 2.24. The van der Waals surface area contributed by atoms with Crippen LogP contribution in [0.2, 0.25) is 0 Å². The Hall–Kier alpha value is -0.830. The third-order valence-corrected chi connectivity index (χ3v) is 4.75. The van der Waals surface area contributed by atoms with E-state index < -0.39 is 0 Å². The molecule has 0 radical (unpaired) electrons. The molecule has 2 rings (SSSR count). The van der Waals surface area contributed by atoms with Crippen molar-refractivity contribution in [3.8, 4) is 0 Å². The zero-order chi connectivity index (χ0) is 13.0. The molecule has 0 amide bonds. The van der Waals surface area contributed by atoms with Gasteiger partial charge in [-0.3, -0.25) is 4.79 Å². The van der Waals surface area contributed by atoms with Crippen molar-refractivity contribution in [2.24, 2.45) is 11.8 Å². The van der Waals surface area contributed by atoms with E-state index >= 15 is 0 Å². The van der Waals surface area contributed by atoms with Crippen LogP contribution in [0.15, 0.2) is 29.2 Å². The van der Waals surface area contributed by atoms with Gasteiger partial charge in [0.15, 0.2) is 0 Å². The van der Waals surface area contributed by atoms with Crippen molar-refractivity contribution in [2.45, 2.75) is 37.5 Å². The number of carbonyl (C=O) groups excluding carboxylic acids is 1. The second-order valence-corrected chi connectivity index (χ2v) is 6.16. The van der Waals surface area contributed by atoms with E-state index in [0.29, 0.717) is 10.6 Å². The lowest BCUT2D eigenvalue weighted by Gasteiger charge is -2.24. The summed E-state index contributed by atoms with van der Waals surface area (Å²) in [6, 6.07) is 6.65. The van der Waals surface area contributed by atoms with Crippen LogP contribution in [-0.2, 0) is 4.79 Å². The van der Waals surface area contributed by atoms with Gasteiger partial charge in [-0.05, 0) is 30.9 Å². The minimum Gasteiger partial charge on any atom is -0.298 e. The van der Waals surface area contributed by atoms with Gasteiger partial charge in [-0.1, -0.05) is 31.9 Å². The molecule has 1 nitrogen and oxygen atoms in total. The van der Waals surface area contributed by atoms with Crippen LogP contribution < -0.4 is 0 Å². The van der Waals surface area contributed by atoms with Crippen LogP contribution in [0.4, 0.5) is 4.39 Å². The van der Waals surface area contributed by atoms with Gasteiger partial charge in [0.2, 0.25) is 0 Å². The summed E-state index contributed by atoms with van der Waals surface area (Å²) >= 11 is 1.33. The fourth-order valence-electron chi connectivity index (χ4n) is 2.41. The lowest BCUT2D eigenvalue weighted by molar-refractivity contribution is -0.121. The first-order chi connectivity index (χ1) is 8.66. The summed E-state index contributed by atoms with van der Waals surface area (Å²) in [4.78, 5) is 12.6. The molecule has 0 unspecified atom stereocenters. The first kappa shape index (κ1) is 13.6. The van der Waals surface area contributed by atoms with Gasteiger partial charge in [0.05, 0.1) is 5.75 Å². The Morgan fingerprint density at radius 2 is 1.94 bits per heavy atom. The van der Waals surface area contributed by atoms with Crippen LogP contribution >= 0.6 is 11.8 Å². The summed E-state index contributed by atoms with van der Waals surface area (Å²) in [5, 5.41) is 0. The first-order valence-electron chi connectivity index (χ1n) is 6.57. The highest BCUT2D eigenvalue weighted by atomic mass is 32.2. The summed E-state index contributed by atoms with van der Waals surface area (Å²) in [6.07, 6.45) is 4.33. The van der Waals surface area contributed by atoms with Crippen LogP contribution in [0.1, 0.15) is 32.6 Å². The molecule has 0 aliphatic heterocycles. The van der Waals surface area contributed by atoms with Crippen molar-refractivity contribution in [1.82, 2.24) is 0 Å². The minimum absolute atomic E-state index is 0.209. The summed E-state index contributed by atoms with van der Waals surface area (Å²) in [6.45, 7) is 2.24. The average Bonchev–Trinajstić information content (AvgIpc) is 2.38. The molecule has 98 valence electrons. The van der Waals surface area contributed by atoms with Gasteiger partial charge in [-0.25, -0.2) is 4.39 Å². The molecule has 0 aromatic heterocycles. The summed E-state index contributed by atoms with van der Waals surface area (Å²) in [7, 11) is 0. The maximum atomic E-state index is 13.4. The van der Waals surface area contributed by atoms with E-state index in [1.807, 2.05) is 0 Å². The van der Waals surface area contributed by atoms with Gasteiger partial charge in [0, 0.05) is 10.8 Å². The van der Waals surface area contributed by atoms with Crippen LogP contribution in [0.5, 0.6) is 0 Å². The summed E-state index contributed by atoms with van der Waals surface area (Å²) < 4.78 is 13.4. The number of thioether (sulfide) groups is 1. The maximum Gasteiger partial charge on any atom is 0.146 e. The van der Waals surface area contributed by atoms with E-state index in [2.05, 4.69) is 6.92 Å². The SMILES string of the molecule is CC1CCC(C(=O)CSc2ccccc2F)CC1. The zero-order valence-corrected chi connectivity index (χ0v) is 11.5. The largest absolute Gasteiger partial charge is 0.298 e. The molecule has 1 fully saturated rings. The number of ketones is 1. The number of carbonyl (C=O) groups is 1. The fourth-order valence-corrected chi connectivity index (χ4v) is 3.32. The molecule has 0 N–H and O–H groups in total. The minimum atomic E-state index is -0.229. The van der Waals surface area contributed by atoms with Crippen molar-refractivity contribution in [3.63, 3.8) is 0 Å². The molecular weight excluding hydrogens is 247 g/mol. The first-order valence-corrected chi connectivity index (χ1v) is 7.55. The van der Waals surface area contributed by atoms with E-state index in [9.17, 15) is 9.18 Å². The van der Waals surface area contributed by atoms with Gasteiger partial charge < -0.3 is 0 Å². The third kappa shape index (κ3) is 3.58. The van der Waals surface area contributed by atoms with Gasteiger partial charge in [0.1, 0.15) is 11.6 Å². The lowest BCUT2D eigenvalue weighted by Crippen LogP contribution is -2.22. The predicted molar refractivity (Wildman–Crippen MR) is 73.3 cm³/mol. The highest BCUT2D eigenvalue weighted by Crippen LogP contribution is 2.30. The fraction of sp³-hybridized carbons (Fsp3) is 0.533. The Morgan fingerprint density at radius 3 is 2.61 bits per heavy atom. The molecule has 3 heteroatoms. The van der Waals surface area contributed by atoms with Crippen molar-refractivity contribution >= 4 is 17.5 Å². The number of benzene rings is 1. The number of hydrogen-bond donors (Lipinski definition) is 0. The van der Waals surface area contributed by atoms with Crippen LogP contribution in [-0.4, -0.2) is 11.5 Å². The number of rotatable bonds is 4. The van der Waals surface area contributed by atoms with Crippen molar-refractivity contribution in [2.75, 3.05) is 5.75 Å². The smallest absolute Gasteiger partial charge is 0.146 e. The highest BCUT2D eigenvalue weighted by molar-refractivity contribution is 8.00. The van der Waals surface area contributed by atoms with E-state index in [-0.39, 0.29) is 17.5 Å². The Bertz CT molecular complexity index is 411. The molecule has 1 saturated carbocycles. The van der Waals surface area contributed by atoms with Gasteiger partial charge in [-0.2, -0.15) is 0 Å². The molecule has 0 bridgehead atoms. The van der Waals surface area contributed by atoms with Crippen LogP contribution in [0, 0.1) is 17.7 Å². The Morgan fingerprint density at radius 1 is 1.28 bits per heavy atom. The molecule has 0 spiro atoms. The van der Waals surface area contributed by atoms with Gasteiger partial charge in [-0.15, -0.1) is 11.8 Å². The topological polar surface area (TPSA) is 17.1 Å². The van der Waals surface area contributed by atoms with Crippen molar-refractivity contribution in [3.05, 3.63) is 30.1 Å². The molecule has 18 heavy (non-hydrogen) atoms. The maximum absolute atomic E-state index is 13.4. The van der Waals surface area contributed by atoms with E-state index in [1.54, 1.807) is 18.2 Å². The molecule has 1 aromatic carbocycles. The predicted octanol–water partition coefficient (Wildman–Crippen LogP) is 4.31. The second kappa shape index (κ2) is 6.37. The molecular formula is C15H19FOS. The van der Waals surface area contributed by atoms with Crippen molar-refractivity contribution < 1.29 is 9.18 Å². The van der Waals surface area contributed by atoms with E-state index in [1.165, 1.54) is 17.8 Å². The van der Waals surface area contributed by atoms with E-state index in [4.69, 9.17) is 0 Å². The standard InChI is InChI=1S/C15H19FOS/c1-11-6-8-12(9-7-11)14(17)10-18-15-5-3-2-4-13(15)16/h2-5,11-12H,6-10H2,1H3. The Kier molecular flexibility index (Phi) is 4.81. The van der Waals surface area contributed by atoms with Gasteiger partial charge in [0.25, 0.3) is 0 Å². The number of hydrogen-bond acceptors (Lipinski definition) is 2. The van der Waals surface area contributed by atoms with E-state index in [0.717, 1.165) is 31.6 Å². The third-order valence-electron chi connectivity index (χ3n) is 3.68.